The molecule has 1 amide bonds. The number of nitro benzene ring substituents is 1. The molecule has 2 heterocycles. The Morgan fingerprint density at radius 3 is 2.59 bits per heavy atom. The van der Waals surface area contributed by atoms with Gasteiger partial charge in [0.1, 0.15) is 13.2 Å². The number of nitro groups is 1. The van der Waals surface area contributed by atoms with Crippen LogP contribution in [0.25, 0.3) is 0 Å². The van der Waals surface area contributed by atoms with Gasteiger partial charge in [-0.2, -0.15) is 8.42 Å². The van der Waals surface area contributed by atoms with Gasteiger partial charge in [-0.3, -0.25) is 19.2 Å². The predicted octanol–water partition coefficient (Wildman–Crippen LogP) is 4.02. The summed E-state index contributed by atoms with van der Waals surface area (Å²) < 4.78 is 42.5. The molecule has 0 aliphatic carbocycles. The number of ether oxygens (including phenoxy) is 1. The van der Waals surface area contributed by atoms with Crippen molar-refractivity contribution in [3.63, 3.8) is 0 Å². The molecule has 0 radical (unpaired) electrons. The Morgan fingerprint density at radius 1 is 1.34 bits per heavy atom. The van der Waals surface area contributed by atoms with Gasteiger partial charge in [0.15, 0.2) is 14.0 Å². The molecule has 2 atom stereocenters. The van der Waals surface area contributed by atoms with Crippen molar-refractivity contribution in [3.05, 3.63) is 39.9 Å². The van der Waals surface area contributed by atoms with Crippen molar-refractivity contribution in [3.8, 4) is 0 Å². The Kier molecular flexibility index (Phi) is 8.08. The Bertz CT molecular complexity index is 937. The molecule has 3 rings (SSSR count). The molecule has 12 heteroatoms. The maximum Gasteiger partial charge on any atom is 0.412 e. The van der Waals surface area contributed by atoms with Crippen LogP contribution in [0.5, 0.6) is 0 Å². The molecule has 1 spiro atoms. The van der Waals surface area contributed by atoms with Crippen molar-refractivity contribution in [1.29, 1.82) is 0 Å². The lowest BCUT2D eigenvalue weighted by atomic mass is 10.2. The molecule has 2 fully saturated rings. The summed E-state index contributed by atoms with van der Waals surface area (Å²) in [6.07, 6.45) is 0.908. The summed E-state index contributed by atoms with van der Waals surface area (Å²) in [5.74, 6) is 0. The van der Waals surface area contributed by atoms with Gasteiger partial charge >= 0.3 is 6.09 Å². The first-order valence-corrected chi connectivity index (χ1v) is 14.8. The average Bonchev–Trinajstić information content (AvgIpc) is 3.11. The van der Waals surface area contributed by atoms with E-state index < -0.39 is 40.4 Å². The van der Waals surface area contributed by atoms with Crippen LogP contribution < -0.4 is 0 Å². The van der Waals surface area contributed by atoms with Crippen molar-refractivity contribution in [1.82, 2.24) is 4.90 Å². The van der Waals surface area contributed by atoms with Crippen molar-refractivity contribution in [2.75, 3.05) is 13.2 Å². The van der Waals surface area contributed by atoms with Gasteiger partial charge in [0, 0.05) is 18.7 Å². The van der Waals surface area contributed by atoms with Crippen LogP contribution in [-0.2, 0) is 30.1 Å². The third-order valence-electron chi connectivity index (χ3n) is 5.67. The highest BCUT2D eigenvalue weighted by atomic mass is 32.2. The van der Waals surface area contributed by atoms with Crippen LogP contribution in [0.3, 0.4) is 0 Å². The highest BCUT2D eigenvalue weighted by Crippen LogP contribution is 2.39. The molecule has 180 valence electrons. The van der Waals surface area contributed by atoms with E-state index in [4.69, 9.17) is 13.3 Å². The smallest absolute Gasteiger partial charge is 0.412 e. The van der Waals surface area contributed by atoms with Crippen LogP contribution in [0.2, 0.25) is 19.1 Å². The fourth-order valence-corrected chi connectivity index (χ4v) is 9.90. The third-order valence-corrected chi connectivity index (χ3v) is 10.1. The van der Waals surface area contributed by atoms with Crippen molar-refractivity contribution in [2.45, 2.75) is 70.3 Å². The number of carbonyl (C=O) groups excluding carboxylic acids is 1. The second-order valence-electron chi connectivity index (χ2n) is 8.53. The number of hydrogen-bond acceptors (Lipinski definition) is 8. The second-order valence-corrected chi connectivity index (χ2v) is 14.6. The van der Waals surface area contributed by atoms with Gasteiger partial charge in [0.05, 0.1) is 10.2 Å². The van der Waals surface area contributed by atoms with Crippen LogP contribution >= 0.6 is 0 Å². The highest BCUT2D eigenvalue weighted by Gasteiger charge is 2.53. The van der Waals surface area contributed by atoms with Crippen molar-refractivity contribution >= 4 is 30.2 Å². The van der Waals surface area contributed by atoms with Crippen LogP contribution in [-0.4, -0.2) is 56.8 Å². The van der Waals surface area contributed by atoms with Crippen LogP contribution in [0.4, 0.5) is 10.5 Å². The maximum absolute atomic E-state index is 12.9. The summed E-state index contributed by atoms with van der Waals surface area (Å²) in [7, 11) is -6.21. The van der Waals surface area contributed by atoms with Crippen LogP contribution in [0, 0.1) is 10.1 Å². The van der Waals surface area contributed by atoms with Gasteiger partial charge in [0.2, 0.25) is 0 Å². The van der Waals surface area contributed by atoms with E-state index in [1.807, 2.05) is 20.0 Å². The number of rotatable bonds is 4. The molecule has 2 aliphatic heterocycles. The Labute approximate surface area is 190 Å². The first-order valence-electron chi connectivity index (χ1n) is 10.2. The first kappa shape index (κ1) is 26.2. The molecule has 1 aromatic carbocycles. The third kappa shape index (κ3) is 5.66. The maximum atomic E-state index is 12.9. The van der Waals surface area contributed by atoms with Gasteiger partial charge in [-0.05, 0) is 56.1 Å². The monoisotopic (exact) mass is 488 g/mol. The van der Waals surface area contributed by atoms with Gasteiger partial charge in [-0.25, -0.2) is 4.79 Å². The van der Waals surface area contributed by atoms with Gasteiger partial charge in [-0.15, -0.1) is 0 Å². The average molecular weight is 489 g/mol. The van der Waals surface area contributed by atoms with Gasteiger partial charge in [0.25, 0.3) is 15.8 Å². The van der Waals surface area contributed by atoms with E-state index >= 15 is 0 Å². The van der Waals surface area contributed by atoms with E-state index in [-0.39, 0.29) is 26.3 Å². The summed E-state index contributed by atoms with van der Waals surface area (Å²) in [5.41, 5.74) is -0.619. The molecule has 1 aromatic rings. The van der Waals surface area contributed by atoms with E-state index in [0.29, 0.717) is 37.4 Å². The molecule has 0 bridgehead atoms. The highest BCUT2D eigenvalue weighted by molar-refractivity contribution is 7.87. The predicted molar refractivity (Wildman–Crippen MR) is 121 cm³/mol. The molecule has 2 unspecified atom stereocenters. The normalized spacial score (nSPS) is 26.6. The number of carbonyl (C=O) groups is 1. The molecule has 0 aromatic heterocycles. The Morgan fingerprint density at radius 2 is 2.00 bits per heavy atom. The molecular formula is C20H32N2O8SSi. The zero-order valence-electron chi connectivity index (χ0n) is 17.9. The number of nitrogens with zero attached hydrogens (tertiary/aromatic N) is 2. The molecular weight excluding hydrogens is 456 g/mol. The van der Waals surface area contributed by atoms with E-state index in [9.17, 15) is 23.3 Å². The Balaban J connectivity index is 0.00000363. The minimum absolute atomic E-state index is 0. The summed E-state index contributed by atoms with van der Waals surface area (Å²) in [6.45, 7) is 5.76. The number of likely N-dealkylation sites (tertiary alicyclic amines) is 1. The minimum Gasteiger partial charge on any atom is -0.444 e. The van der Waals surface area contributed by atoms with E-state index in [2.05, 4.69) is 0 Å². The fraction of sp³-hybridized carbons (Fsp3) is 0.650. The Hall–Kier alpha value is -2.02. The zero-order chi connectivity index (χ0) is 22.9. The summed E-state index contributed by atoms with van der Waals surface area (Å²) in [6, 6.07) is 6.12. The van der Waals surface area contributed by atoms with Crippen LogP contribution in [0.15, 0.2) is 24.3 Å². The number of non-ortho nitro benzene ring substituents is 1. The minimum atomic E-state index is -3.76. The molecule has 10 nitrogen and oxygen atoms in total. The van der Waals surface area contributed by atoms with E-state index in [1.165, 1.54) is 29.2 Å². The largest absolute Gasteiger partial charge is 0.444 e. The summed E-state index contributed by atoms with van der Waals surface area (Å²) >= 11 is 0. The number of amides is 1. The molecule has 0 N–H and O–H groups in total. The SMILES string of the molecule is C.CCC1C[Si](C)(C)OC2(CCCN2C(=O)OCc2ccc([N+](=O)[O-])cc2)COS1(=O)=O. The standard InChI is InChI=1S/C19H28N2O8SSi.CH4/c1-4-17-13-31(2,3)29-19(14-28-30(17,25)26)10-5-11-20(19)18(22)27-12-15-6-8-16(9-7-15)21(23)24;/h6-9,17H,4-5,10-14H2,1-3H3;1H4. The van der Waals surface area contributed by atoms with Crippen molar-refractivity contribution < 1.29 is 31.5 Å². The first-order chi connectivity index (χ1) is 14.5. The molecule has 2 saturated heterocycles. The molecule has 2 aliphatic rings. The lowest BCUT2D eigenvalue weighted by Crippen LogP contribution is -2.60. The number of benzene rings is 1. The van der Waals surface area contributed by atoms with Crippen molar-refractivity contribution in [2.24, 2.45) is 0 Å². The van der Waals surface area contributed by atoms with Gasteiger partial charge in [-0.1, -0.05) is 14.4 Å². The second kappa shape index (κ2) is 9.85. The molecule has 32 heavy (non-hydrogen) atoms. The topological polar surface area (TPSA) is 125 Å². The molecule has 0 saturated carbocycles. The number of hydrogen-bond donors (Lipinski definition) is 0. The van der Waals surface area contributed by atoms with Gasteiger partial charge < -0.3 is 9.16 Å². The lowest BCUT2D eigenvalue weighted by Gasteiger charge is -2.44. The fourth-order valence-electron chi connectivity index (χ4n) is 4.16. The quantitative estimate of drug-likeness (QED) is 0.269. The summed E-state index contributed by atoms with van der Waals surface area (Å²) in [5, 5.41) is 10.1. The summed E-state index contributed by atoms with van der Waals surface area (Å²) in [4.78, 5) is 24.6. The zero-order valence-corrected chi connectivity index (χ0v) is 19.7. The van der Waals surface area contributed by atoms with E-state index in [1.54, 1.807) is 0 Å². The van der Waals surface area contributed by atoms with Crippen LogP contribution in [0.1, 0.15) is 39.2 Å². The lowest BCUT2D eigenvalue weighted by molar-refractivity contribution is -0.384. The van der Waals surface area contributed by atoms with E-state index in [0.717, 1.165) is 0 Å².